The second-order valence-corrected chi connectivity index (χ2v) is 5.55. The second-order valence-electron chi connectivity index (χ2n) is 3.65. The van der Waals surface area contributed by atoms with Gasteiger partial charge in [0.2, 0.25) is 0 Å². The van der Waals surface area contributed by atoms with E-state index in [9.17, 15) is 0 Å². The molecule has 0 aliphatic rings. The van der Waals surface area contributed by atoms with Crippen LogP contribution in [0, 0.1) is 0 Å². The van der Waals surface area contributed by atoms with Crippen molar-refractivity contribution >= 4 is 27.7 Å². The van der Waals surface area contributed by atoms with Gasteiger partial charge in [0.25, 0.3) is 0 Å². The number of rotatable bonds is 6. The molecule has 0 radical (unpaired) electrons. The van der Waals surface area contributed by atoms with Gasteiger partial charge in [-0.1, -0.05) is 35.0 Å². The van der Waals surface area contributed by atoms with Gasteiger partial charge in [0, 0.05) is 23.3 Å². The van der Waals surface area contributed by atoms with Crippen molar-refractivity contribution in [2.24, 2.45) is 0 Å². The van der Waals surface area contributed by atoms with E-state index in [-0.39, 0.29) is 0 Å². The minimum atomic E-state index is 0.573. The fourth-order valence-electron chi connectivity index (χ4n) is 1.42. The van der Waals surface area contributed by atoms with Crippen molar-refractivity contribution in [3.05, 3.63) is 34.3 Å². The fraction of sp³-hybridized carbons (Fsp3) is 0.500. The Balaban J connectivity index is 2.36. The van der Waals surface area contributed by atoms with Crippen LogP contribution in [0.4, 0.5) is 0 Å². The molecule has 0 aromatic heterocycles. The Hall–Kier alpha value is 0.01000. The Morgan fingerprint density at radius 2 is 2.27 bits per heavy atom. The zero-order chi connectivity index (χ0) is 11.1. The molecule has 0 spiro atoms. The first-order valence-electron chi connectivity index (χ1n) is 5.19. The summed E-state index contributed by atoms with van der Waals surface area (Å²) in [5, 5.41) is 3.47. The molecule has 0 aliphatic carbocycles. The lowest BCUT2D eigenvalue weighted by molar-refractivity contribution is 0.637. The van der Waals surface area contributed by atoms with Crippen molar-refractivity contribution in [3.8, 4) is 0 Å². The van der Waals surface area contributed by atoms with Gasteiger partial charge in [-0.15, -0.1) is 0 Å². The summed E-state index contributed by atoms with van der Waals surface area (Å²) in [6.45, 7) is 4.41. The molecule has 1 atom stereocenters. The van der Waals surface area contributed by atoms with Crippen molar-refractivity contribution in [2.45, 2.75) is 12.8 Å². The topological polar surface area (TPSA) is 12.0 Å². The van der Waals surface area contributed by atoms with Crippen LogP contribution >= 0.6 is 27.7 Å². The summed E-state index contributed by atoms with van der Waals surface area (Å²) in [6.07, 6.45) is 2.14. The third kappa shape index (κ3) is 5.05. The molecular formula is C12H18BrNS. The van der Waals surface area contributed by atoms with Gasteiger partial charge >= 0.3 is 0 Å². The molecule has 1 N–H and O–H groups in total. The molecule has 0 amide bonds. The molecule has 1 nitrogen and oxygen atoms in total. The van der Waals surface area contributed by atoms with Gasteiger partial charge in [0.1, 0.15) is 0 Å². The molecule has 15 heavy (non-hydrogen) atoms. The number of hydrogen-bond donors (Lipinski definition) is 1. The Kier molecular flexibility index (Phi) is 6.37. The molecule has 1 unspecified atom stereocenters. The lowest BCUT2D eigenvalue weighted by Crippen LogP contribution is -2.22. The molecule has 0 fully saturated rings. The molecule has 1 aromatic rings. The first-order valence-corrected chi connectivity index (χ1v) is 7.38. The van der Waals surface area contributed by atoms with E-state index in [0.717, 1.165) is 17.6 Å². The highest BCUT2D eigenvalue weighted by atomic mass is 79.9. The SMILES string of the molecule is CSCCNCC(C)c1cccc(Br)c1. The van der Waals surface area contributed by atoms with Crippen molar-refractivity contribution in [2.75, 3.05) is 25.1 Å². The molecule has 1 rings (SSSR count). The lowest BCUT2D eigenvalue weighted by atomic mass is 10.0. The third-order valence-corrected chi connectivity index (χ3v) is 3.46. The number of thioether (sulfide) groups is 1. The smallest absolute Gasteiger partial charge is 0.0178 e. The highest BCUT2D eigenvalue weighted by Crippen LogP contribution is 2.18. The predicted molar refractivity (Wildman–Crippen MR) is 73.8 cm³/mol. The molecule has 3 heteroatoms. The zero-order valence-electron chi connectivity index (χ0n) is 9.29. The van der Waals surface area contributed by atoms with Crippen LogP contribution in [0.15, 0.2) is 28.7 Å². The molecule has 0 saturated carbocycles. The maximum atomic E-state index is 3.50. The molecule has 1 aromatic carbocycles. The quantitative estimate of drug-likeness (QED) is 0.804. The van der Waals surface area contributed by atoms with Gasteiger partial charge in [-0.3, -0.25) is 0 Å². The Bertz CT molecular complexity index is 291. The summed E-state index contributed by atoms with van der Waals surface area (Å²) in [6, 6.07) is 8.54. The van der Waals surface area contributed by atoms with Crippen LogP contribution in [-0.4, -0.2) is 25.1 Å². The molecule has 0 saturated heterocycles. The highest BCUT2D eigenvalue weighted by molar-refractivity contribution is 9.10. The monoisotopic (exact) mass is 287 g/mol. The van der Waals surface area contributed by atoms with Crippen molar-refractivity contribution in [3.63, 3.8) is 0 Å². The van der Waals surface area contributed by atoms with E-state index in [4.69, 9.17) is 0 Å². The van der Waals surface area contributed by atoms with Crippen molar-refractivity contribution in [1.29, 1.82) is 0 Å². The number of hydrogen-bond acceptors (Lipinski definition) is 2. The average Bonchev–Trinajstić information content (AvgIpc) is 2.24. The van der Waals surface area contributed by atoms with Crippen LogP contribution in [0.2, 0.25) is 0 Å². The van der Waals surface area contributed by atoms with E-state index < -0.39 is 0 Å². The number of nitrogens with one attached hydrogen (secondary N) is 1. The third-order valence-electron chi connectivity index (χ3n) is 2.35. The van der Waals surface area contributed by atoms with E-state index >= 15 is 0 Å². The first kappa shape index (κ1) is 13.1. The van der Waals surface area contributed by atoms with E-state index in [0.29, 0.717) is 5.92 Å². The molecule has 0 heterocycles. The van der Waals surface area contributed by atoms with Gasteiger partial charge in [-0.25, -0.2) is 0 Å². The van der Waals surface area contributed by atoms with E-state index in [2.05, 4.69) is 58.7 Å². The Morgan fingerprint density at radius 3 is 2.93 bits per heavy atom. The van der Waals surface area contributed by atoms with Gasteiger partial charge in [-0.2, -0.15) is 11.8 Å². The molecule has 0 aliphatic heterocycles. The molecule has 84 valence electrons. The van der Waals surface area contributed by atoms with E-state index in [1.165, 1.54) is 11.3 Å². The largest absolute Gasteiger partial charge is 0.315 e. The van der Waals surface area contributed by atoms with Crippen LogP contribution in [-0.2, 0) is 0 Å². The zero-order valence-corrected chi connectivity index (χ0v) is 11.7. The van der Waals surface area contributed by atoms with Gasteiger partial charge < -0.3 is 5.32 Å². The van der Waals surface area contributed by atoms with Crippen LogP contribution in [0.5, 0.6) is 0 Å². The minimum Gasteiger partial charge on any atom is -0.315 e. The normalized spacial score (nSPS) is 12.7. The highest BCUT2D eigenvalue weighted by Gasteiger charge is 2.04. The maximum absolute atomic E-state index is 3.50. The van der Waals surface area contributed by atoms with E-state index in [1.54, 1.807) is 0 Å². The second kappa shape index (κ2) is 7.31. The van der Waals surface area contributed by atoms with Crippen molar-refractivity contribution in [1.82, 2.24) is 5.32 Å². The van der Waals surface area contributed by atoms with Crippen LogP contribution in [0.1, 0.15) is 18.4 Å². The average molecular weight is 288 g/mol. The fourth-order valence-corrected chi connectivity index (χ4v) is 2.19. The summed E-state index contributed by atoms with van der Waals surface area (Å²) < 4.78 is 1.16. The molecule has 0 bridgehead atoms. The maximum Gasteiger partial charge on any atom is 0.0178 e. The van der Waals surface area contributed by atoms with Crippen molar-refractivity contribution < 1.29 is 0 Å². The minimum absolute atomic E-state index is 0.573. The van der Waals surface area contributed by atoms with Crippen LogP contribution < -0.4 is 5.32 Å². The van der Waals surface area contributed by atoms with Gasteiger partial charge in [-0.05, 0) is 29.9 Å². The summed E-state index contributed by atoms with van der Waals surface area (Å²) >= 11 is 5.38. The number of halogens is 1. The summed E-state index contributed by atoms with van der Waals surface area (Å²) in [5.41, 5.74) is 1.39. The number of benzene rings is 1. The van der Waals surface area contributed by atoms with Gasteiger partial charge in [0.05, 0.1) is 0 Å². The standard InChI is InChI=1S/C12H18BrNS/c1-10(9-14-6-7-15-2)11-4-3-5-12(13)8-11/h3-5,8,10,14H,6-7,9H2,1-2H3. The van der Waals surface area contributed by atoms with Crippen LogP contribution in [0.25, 0.3) is 0 Å². The van der Waals surface area contributed by atoms with Crippen LogP contribution in [0.3, 0.4) is 0 Å². The Morgan fingerprint density at radius 1 is 1.47 bits per heavy atom. The van der Waals surface area contributed by atoms with Gasteiger partial charge in [0.15, 0.2) is 0 Å². The summed E-state index contributed by atoms with van der Waals surface area (Å²) in [4.78, 5) is 0. The molecular weight excluding hydrogens is 270 g/mol. The predicted octanol–water partition coefficient (Wildman–Crippen LogP) is 3.51. The first-order chi connectivity index (χ1) is 7.24. The summed E-state index contributed by atoms with van der Waals surface area (Å²) in [5.74, 6) is 1.76. The summed E-state index contributed by atoms with van der Waals surface area (Å²) in [7, 11) is 0. The lowest BCUT2D eigenvalue weighted by Gasteiger charge is -2.13. The Labute approximate surface area is 105 Å². The van der Waals surface area contributed by atoms with E-state index in [1.807, 2.05) is 11.8 Å².